The molecule has 5 heteroatoms. The van der Waals surface area contributed by atoms with Crippen LogP contribution in [-0.4, -0.2) is 18.2 Å². The van der Waals surface area contributed by atoms with Crippen LogP contribution in [-0.2, 0) is 14.4 Å². The van der Waals surface area contributed by atoms with E-state index in [2.05, 4.69) is 5.32 Å². The minimum Gasteiger partial charge on any atom is -0.322 e. The maximum atomic E-state index is 11.7. The molecule has 3 amide bonds. The number of hydrogen-bond donors (Lipinski definition) is 1. The maximum Gasteiger partial charge on any atom is 0.257 e. The largest absolute Gasteiger partial charge is 0.322 e. The van der Waals surface area contributed by atoms with Crippen LogP contribution in [0.15, 0.2) is 48.6 Å². The van der Waals surface area contributed by atoms with Gasteiger partial charge in [-0.3, -0.25) is 14.4 Å². The first-order chi connectivity index (χ1) is 9.62. The highest BCUT2D eigenvalue weighted by Gasteiger charge is 2.12. The van der Waals surface area contributed by atoms with E-state index in [1.165, 1.54) is 12.2 Å². The summed E-state index contributed by atoms with van der Waals surface area (Å²) in [5.41, 5.74) is 0.895. The van der Waals surface area contributed by atoms with Crippen molar-refractivity contribution in [1.82, 2.24) is 0 Å². The SMILES string of the molecule is C/C=C\C(=O)Nc1cccc(N(C=O)C(=O)/C=C\C)c1. The van der Waals surface area contributed by atoms with Crippen LogP contribution in [0.1, 0.15) is 13.8 Å². The molecule has 1 rings (SSSR count). The summed E-state index contributed by atoms with van der Waals surface area (Å²) < 4.78 is 0. The second kappa shape index (κ2) is 7.68. The summed E-state index contributed by atoms with van der Waals surface area (Å²) in [4.78, 5) is 35.2. The van der Waals surface area contributed by atoms with Crippen molar-refractivity contribution >= 4 is 29.6 Å². The lowest BCUT2D eigenvalue weighted by Crippen LogP contribution is -2.27. The van der Waals surface area contributed by atoms with Gasteiger partial charge in [0, 0.05) is 5.69 Å². The third-order valence-electron chi connectivity index (χ3n) is 2.36. The highest BCUT2D eigenvalue weighted by Crippen LogP contribution is 2.19. The number of allylic oxidation sites excluding steroid dienone is 2. The van der Waals surface area contributed by atoms with Crippen molar-refractivity contribution in [2.24, 2.45) is 0 Å². The Morgan fingerprint density at radius 1 is 1.15 bits per heavy atom. The molecule has 1 aromatic rings. The Kier molecular flexibility index (Phi) is 5.90. The quantitative estimate of drug-likeness (QED) is 0.660. The van der Waals surface area contributed by atoms with Crippen LogP contribution >= 0.6 is 0 Å². The van der Waals surface area contributed by atoms with Gasteiger partial charge < -0.3 is 5.32 Å². The molecule has 0 heterocycles. The number of benzene rings is 1. The van der Waals surface area contributed by atoms with E-state index in [9.17, 15) is 14.4 Å². The number of hydrogen-bond acceptors (Lipinski definition) is 3. The first-order valence-electron chi connectivity index (χ1n) is 6.07. The highest BCUT2D eigenvalue weighted by molar-refractivity contribution is 6.12. The van der Waals surface area contributed by atoms with Crippen molar-refractivity contribution in [3.63, 3.8) is 0 Å². The van der Waals surface area contributed by atoms with Crippen LogP contribution in [0.2, 0.25) is 0 Å². The number of nitrogens with one attached hydrogen (secondary N) is 1. The number of anilines is 2. The second-order valence-electron chi connectivity index (χ2n) is 3.85. The molecule has 0 atom stereocenters. The minimum atomic E-state index is -0.445. The van der Waals surface area contributed by atoms with Gasteiger partial charge in [0.25, 0.3) is 5.91 Å². The summed E-state index contributed by atoms with van der Waals surface area (Å²) >= 11 is 0. The van der Waals surface area contributed by atoms with E-state index in [1.54, 1.807) is 50.3 Å². The summed E-state index contributed by atoms with van der Waals surface area (Å²) in [5, 5.41) is 2.64. The van der Waals surface area contributed by atoms with Gasteiger partial charge in [0.2, 0.25) is 12.3 Å². The monoisotopic (exact) mass is 272 g/mol. The molecule has 0 spiro atoms. The van der Waals surface area contributed by atoms with E-state index < -0.39 is 5.91 Å². The van der Waals surface area contributed by atoms with Crippen molar-refractivity contribution in [2.45, 2.75) is 13.8 Å². The summed E-state index contributed by atoms with van der Waals surface area (Å²) in [6.07, 6.45) is 6.28. The normalized spacial score (nSPS) is 10.7. The molecule has 104 valence electrons. The Labute approximate surface area is 117 Å². The average Bonchev–Trinajstić information content (AvgIpc) is 2.40. The van der Waals surface area contributed by atoms with Gasteiger partial charge in [0.1, 0.15) is 0 Å². The molecule has 0 bridgehead atoms. The lowest BCUT2D eigenvalue weighted by Gasteiger charge is -2.14. The molecule has 0 saturated heterocycles. The van der Waals surface area contributed by atoms with Crippen LogP contribution < -0.4 is 10.2 Å². The maximum absolute atomic E-state index is 11.7. The van der Waals surface area contributed by atoms with Crippen LogP contribution in [0.3, 0.4) is 0 Å². The van der Waals surface area contributed by atoms with E-state index in [1.807, 2.05) is 0 Å². The number of carbonyl (C=O) groups is 3. The number of rotatable bonds is 5. The Morgan fingerprint density at radius 3 is 2.45 bits per heavy atom. The summed E-state index contributed by atoms with van der Waals surface area (Å²) in [7, 11) is 0. The predicted octanol–water partition coefficient (Wildman–Crippen LogP) is 2.27. The topological polar surface area (TPSA) is 66.5 Å². The summed E-state index contributed by atoms with van der Waals surface area (Å²) in [5.74, 6) is -0.721. The number of amides is 3. The predicted molar refractivity (Wildman–Crippen MR) is 78.2 cm³/mol. The van der Waals surface area contributed by atoms with E-state index >= 15 is 0 Å². The zero-order chi connectivity index (χ0) is 15.0. The van der Waals surface area contributed by atoms with Gasteiger partial charge in [0.05, 0.1) is 5.69 Å². The Bertz CT molecular complexity index is 562. The van der Waals surface area contributed by atoms with Crippen LogP contribution in [0.5, 0.6) is 0 Å². The molecule has 0 saturated carbocycles. The lowest BCUT2D eigenvalue weighted by atomic mass is 10.2. The fraction of sp³-hybridized carbons (Fsp3) is 0.133. The van der Waals surface area contributed by atoms with Gasteiger partial charge >= 0.3 is 0 Å². The molecule has 1 aromatic carbocycles. The average molecular weight is 272 g/mol. The first kappa shape index (κ1) is 15.4. The Hall–Kier alpha value is -2.69. The van der Waals surface area contributed by atoms with Crippen molar-refractivity contribution in [2.75, 3.05) is 10.2 Å². The first-order valence-corrected chi connectivity index (χ1v) is 6.07. The molecule has 1 N–H and O–H groups in total. The van der Waals surface area contributed by atoms with E-state index in [4.69, 9.17) is 0 Å². The van der Waals surface area contributed by atoms with Crippen molar-refractivity contribution in [3.05, 3.63) is 48.6 Å². The van der Waals surface area contributed by atoms with Gasteiger partial charge in [-0.05, 0) is 44.2 Å². The van der Waals surface area contributed by atoms with E-state index in [0.717, 1.165) is 4.90 Å². The molecule has 0 aliphatic carbocycles. The van der Waals surface area contributed by atoms with Gasteiger partial charge in [-0.25, -0.2) is 4.90 Å². The molecule has 20 heavy (non-hydrogen) atoms. The second-order valence-corrected chi connectivity index (χ2v) is 3.85. The Balaban J connectivity index is 2.99. The molecular formula is C15H16N2O3. The van der Waals surface area contributed by atoms with Crippen molar-refractivity contribution < 1.29 is 14.4 Å². The van der Waals surface area contributed by atoms with Crippen LogP contribution in [0, 0.1) is 0 Å². The van der Waals surface area contributed by atoms with Crippen molar-refractivity contribution in [3.8, 4) is 0 Å². The number of imide groups is 1. The zero-order valence-electron chi connectivity index (χ0n) is 11.4. The third-order valence-corrected chi connectivity index (χ3v) is 2.36. The molecule has 0 radical (unpaired) electrons. The molecule has 0 fully saturated rings. The Morgan fingerprint density at radius 2 is 1.85 bits per heavy atom. The third kappa shape index (κ3) is 4.20. The van der Waals surface area contributed by atoms with Gasteiger partial charge in [-0.15, -0.1) is 0 Å². The summed E-state index contributed by atoms with van der Waals surface area (Å²) in [6.45, 7) is 3.43. The van der Waals surface area contributed by atoms with Crippen molar-refractivity contribution in [1.29, 1.82) is 0 Å². The summed E-state index contributed by atoms with van der Waals surface area (Å²) in [6, 6.07) is 6.49. The highest BCUT2D eigenvalue weighted by atomic mass is 16.2. The molecule has 0 unspecified atom stereocenters. The molecule has 0 aliphatic rings. The zero-order valence-corrected chi connectivity index (χ0v) is 11.4. The fourth-order valence-electron chi connectivity index (χ4n) is 1.53. The van der Waals surface area contributed by atoms with Crippen LogP contribution in [0.4, 0.5) is 11.4 Å². The van der Waals surface area contributed by atoms with Gasteiger partial charge in [-0.1, -0.05) is 18.2 Å². The number of nitrogens with zero attached hydrogens (tertiary/aromatic N) is 1. The lowest BCUT2D eigenvalue weighted by molar-refractivity contribution is -0.118. The van der Waals surface area contributed by atoms with Crippen LogP contribution in [0.25, 0.3) is 0 Å². The molecule has 0 aliphatic heterocycles. The fourth-order valence-corrected chi connectivity index (χ4v) is 1.53. The smallest absolute Gasteiger partial charge is 0.257 e. The van der Waals surface area contributed by atoms with E-state index in [-0.39, 0.29) is 5.91 Å². The molecule has 0 aromatic heterocycles. The van der Waals surface area contributed by atoms with Gasteiger partial charge in [0.15, 0.2) is 0 Å². The van der Waals surface area contributed by atoms with Gasteiger partial charge in [-0.2, -0.15) is 0 Å². The standard InChI is InChI=1S/C15H16N2O3/c1-3-6-14(19)16-12-8-5-9-13(10-12)17(11-18)15(20)7-4-2/h3-11H,1-2H3,(H,16,19)/b6-3-,7-4-. The minimum absolute atomic E-state index is 0.276. The number of carbonyl (C=O) groups excluding carboxylic acids is 3. The molecular weight excluding hydrogens is 256 g/mol. The molecule has 5 nitrogen and oxygen atoms in total. The van der Waals surface area contributed by atoms with E-state index in [0.29, 0.717) is 17.8 Å².